The van der Waals surface area contributed by atoms with Crippen LogP contribution in [0.25, 0.3) is 10.9 Å². The molecule has 3 rings (SSSR count). The smallest absolute Gasteiger partial charge is 0.168 e. The van der Waals surface area contributed by atoms with E-state index in [4.69, 9.17) is 15.9 Å². The van der Waals surface area contributed by atoms with Crippen molar-refractivity contribution in [3.05, 3.63) is 59.3 Å². The molecule has 0 atom stereocenters. The molecule has 22 heavy (non-hydrogen) atoms. The Bertz CT molecular complexity index is 886. The molecule has 1 heterocycles. The van der Waals surface area contributed by atoms with Crippen LogP contribution in [0, 0.1) is 24.0 Å². The van der Waals surface area contributed by atoms with Crippen LogP contribution in [0.4, 0.5) is 8.78 Å². The van der Waals surface area contributed by atoms with Crippen LogP contribution in [0.15, 0.2) is 36.5 Å². The van der Waals surface area contributed by atoms with Gasteiger partial charge in [-0.15, -0.1) is 0 Å². The lowest BCUT2D eigenvalue weighted by Crippen LogP contribution is -2.13. The van der Waals surface area contributed by atoms with Gasteiger partial charge in [0.25, 0.3) is 0 Å². The van der Waals surface area contributed by atoms with Crippen molar-refractivity contribution in [1.82, 2.24) is 4.98 Å². The highest BCUT2D eigenvalue weighted by molar-refractivity contribution is 5.95. The number of aromatic nitrogens is 1. The van der Waals surface area contributed by atoms with Gasteiger partial charge in [0.05, 0.1) is 5.56 Å². The summed E-state index contributed by atoms with van der Waals surface area (Å²) in [6, 6.07) is 6.93. The van der Waals surface area contributed by atoms with Crippen LogP contribution in [-0.2, 0) is 0 Å². The molecule has 4 nitrogen and oxygen atoms in total. The van der Waals surface area contributed by atoms with Crippen molar-refractivity contribution in [3.63, 3.8) is 0 Å². The van der Waals surface area contributed by atoms with E-state index < -0.39 is 17.5 Å². The number of hydrogen-bond acceptors (Lipinski definition) is 2. The minimum atomic E-state index is -0.627. The van der Waals surface area contributed by atoms with E-state index in [1.54, 1.807) is 13.1 Å². The number of fused-ring (bicyclic) bond motifs is 1. The molecule has 0 aliphatic heterocycles. The summed E-state index contributed by atoms with van der Waals surface area (Å²) < 4.78 is 33.3. The van der Waals surface area contributed by atoms with Crippen molar-refractivity contribution >= 4 is 16.7 Å². The maximum atomic E-state index is 14.2. The van der Waals surface area contributed by atoms with Crippen LogP contribution in [-0.4, -0.2) is 10.8 Å². The quantitative estimate of drug-likeness (QED) is 0.508. The summed E-state index contributed by atoms with van der Waals surface area (Å²) >= 11 is 0. The van der Waals surface area contributed by atoms with Crippen molar-refractivity contribution in [3.8, 4) is 11.5 Å². The fourth-order valence-electron chi connectivity index (χ4n) is 2.34. The first-order valence-corrected chi connectivity index (χ1v) is 6.55. The van der Waals surface area contributed by atoms with E-state index in [0.29, 0.717) is 11.1 Å². The van der Waals surface area contributed by atoms with Crippen LogP contribution in [0.1, 0.15) is 11.1 Å². The fraction of sp³-hybridized carbons (Fsp3) is 0.0625. The molecule has 4 N–H and O–H groups in total. The van der Waals surface area contributed by atoms with E-state index in [0.717, 1.165) is 11.5 Å². The largest absolute Gasteiger partial charge is 0.454 e. The molecule has 0 spiro atoms. The SMILES string of the molecule is Cc1c(Oc2ccc(F)c(C(=N)N)c2)c(F)cc2[nH]ccc12. The zero-order chi connectivity index (χ0) is 15.9. The standard InChI is InChI=1S/C16H13F2N3O/c1-8-10-4-5-21-14(10)7-13(18)15(8)22-9-2-3-12(17)11(6-9)16(19)20/h2-7,21H,1H3,(H3,19,20). The summed E-state index contributed by atoms with van der Waals surface area (Å²) in [4.78, 5) is 2.93. The summed E-state index contributed by atoms with van der Waals surface area (Å²) in [5, 5.41) is 8.17. The number of amidine groups is 1. The Balaban J connectivity index is 2.06. The van der Waals surface area contributed by atoms with Gasteiger partial charge in [-0.1, -0.05) is 0 Å². The molecule has 6 heteroatoms. The minimum absolute atomic E-state index is 0.0632. The molecule has 0 aliphatic rings. The lowest BCUT2D eigenvalue weighted by atomic mass is 10.1. The van der Waals surface area contributed by atoms with Crippen LogP contribution in [0.3, 0.4) is 0 Å². The van der Waals surface area contributed by atoms with Crippen molar-refractivity contribution in [2.24, 2.45) is 5.73 Å². The number of aromatic amines is 1. The first-order chi connectivity index (χ1) is 10.5. The molecule has 0 saturated carbocycles. The molecule has 0 aliphatic carbocycles. The van der Waals surface area contributed by atoms with E-state index >= 15 is 0 Å². The van der Waals surface area contributed by atoms with Crippen LogP contribution >= 0.6 is 0 Å². The average molecular weight is 301 g/mol. The van der Waals surface area contributed by atoms with Gasteiger partial charge < -0.3 is 15.5 Å². The van der Waals surface area contributed by atoms with Crippen molar-refractivity contribution in [2.75, 3.05) is 0 Å². The van der Waals surface area contributed by atoms with Crippen molar-refractivity contribution in [2.45, 2.75) is 6.92 Å². The molecule has 112 valence electrons. The monoisotopic (exact) mass is 301 g/mol. The second kappa shape index (κ2) is 5.14. The molecule has 3 aromatic rings. The van der Waals surface area contributed by atoms with Crippen LogP contribution in [0.5, 0.6) is 11.5 Å². The predicted molar refractivity (Wildman–Crippen MR) is 80.5 cm³/mol. The van der Waals surface area contributed by atoms with Gasteiger partial charge in [-0.05, 0) is 31.2 Å². The number of halogens is 2. The molecular weight excluding hydrogens is 288 g/mol. The third kappa shape index (κ3) is 2.28. The Morgan fingerprint density at radius 3 is 2.68 bits per heavy atom. The zero-order valence-electron chi connectivity index (χ0n) is 11.7. The highest BCUT2D eigenvalue weighted by atomic mass is 19.1. The summed E-state index contributed by atoms with van der Waals surface area (Å²) in [5.74, 6) is -1.29. The lowest BCUT2D eigenvalue weighted by molar-refractivity contribution is 0.439. The summed E-state index contributed by atoms with van der Waals surface area (Å²) in [6.45, 7) is 1.74. The van der Waals surface area contributed by atoms with Gasteiger partial charge in [-0.2, -0.15) is 0 Å². The number of H-pyrrole nitrogens is 1. The van der Waals surface area contributed by atoms with Crippen molar-refractivity contribution in [1.29, 1.82) is 5.41 Å². The number of rotatable bonds is 3. The molecule has 0 radical (unpaired) electrons. The van der Waals surface area contributed by atoms with Crippen LogP contribution < -0.4 is 10.5 Å². The fourth-order valence-corrected chi connectivity index (χ4v) is 2.34. The maximum Gasteiger partial charge on any atom is 0.168 e. The van der Waals surface area contributed by atoms with E-state index in [1.807, 2.05) is 6.07 Å². The Hall–Kier alpha value is -2.89. The van der Waals surface area contributed by atoms with Crippen LogP contribution in [0.2, 0.25) is 0 Å². The van der Waals surface area contributed by atoms with Gasteiger partial charge >= 0.3 is 0 Å². The van der Waals surface area contributed by atoms with Gasteiger partial charge in [0, 0.05) is 28.7 Å². The summed E-state index contributed by atoms with van der Waals surface area (Å²) in [6.07, 6.45) is 1.71. The number of nitrogen functional groups attached to an aromatic ring is 1. The van der Waals surface area contributed by atoms with Gasteiger partial charge in [0.15, 0.2) is 11.6 Å². The van der Waals surface area contributed by atoms with Gasteiger partial charge in [0.2, 0.25) is 0 Å². The molecule has 0 amide bonds. The Kier molecular flexibility index (Phi) is 3.29. The van der Waals surface area contributed by atoms with Gasteiger partial charge in [-0.25, -0.2) is 8.78 Å². The minimum Gasteiger partial charge on any atom is -0.454 e. The average Bonchev–Trinajstić information content (AvgIpc) is 2.93. The molecule has 0 bridgehead atoms. The predicted octanol–water partition coefficient (Wildman–Crippen LogP) is 3.83. The van der Waals surface area contributed by atoms with E-state index in [2.05, 4.69) is 4.98 Å². The third-order valence-electron chi connectivity index (χ3n) is 3.46. The topological polar surface area (TPSA) is 74.9 Å². The number of nitrogens with two attached hydrogens (primary N) is 1. The number of ether oxygens (including phenoxy) is 1. The number of hydrogen-bond donors (Lipinski definition) is 3. The first-order valence-electron chi connectivity index (χ1n) is 6.55. The van der Waals surface area contributed by atoms with E-state index in [9.17, 15) is 8.78 Å². The Morgan fingerprint density at radius 1 is 1.18 bits per heavy atom. The van der Waals surface area contributed by atoms with Gasteiger partial charge in [0.1, 0.15) is 17.4 Å². The molecule has 2 aromatic carbocycles. The van der Waals surface area contributed by atoms with Crippen molar-refractivity contribution < 1.29 is 13.5 Å². The number of nitrogens with one attached hydrogen (secondary N) is 2. The molecule has 0 unspecified atom stereocenters. The highest BCUT2D eigenvalue weighted by Gasteiger charge is 2.15. The molecular formula is C16H13F2N3O. The van der Waals surface area contributed by atoms with E-state index in [-0.39, 0.29) is 17.1 Å². The molecule has 0 fully saturated rings. The van der Waals surface area contributed by atoms with Gasteiger partial charge in [-0.3, -0.25) is 5.41 Å². The van der Waals surface area contributed by atoms with E-state index in [1.165, 1.54) is 18.2 Å². The third-order valence-corrected chi connectivity index (χ3v) is 3.46. The highest BCUT2D eigenvalue weighted by Crippen LogP contribution is 2.33. The number of aryl methyl sites for hydroxylation is 1. The first kappa shape index (κ1) is 14.1. The normalized spacial score (nSPS) is 10.9. The lowest BCUT2D eigenvalue weighted by Gasteiger charge is -2.12. The molecule has 0 saturated heterocycles. The Morgan fingerprint density at radius 2 is 1.95 bits per heavy atom. The second-order valence-corrected chi connectivity index (χ2v) is 4.91. The second-order valence-electron chi connectivity index (χ2n) is 4.91. The number of benzene rings is 2. The summed E-state index contributed by atoms with van der Waals surface area (Å²) in [7, 11) is 0. The maximum absolute atomic E-state index is 14.2. The Labute approximate surface area is 125 Å². The zero-order valence-corrected chi connectivity index (χ0v) is 11.7. The molecule has 1 aromatic heterocycles. The summed E-state index contributed by atoms with van der Waals surface area (Å²) in [5.41, 5.74) is 6.52.